The van der Waals surface area contributed by atoms with Gasteiger partial charge in [0.2, 0.25) is 0 Å². The number of hydrogen-bond donors (Lipinski definition) is 0. The highest BCUT2D eigenvalue weighted by Crippen LogP contribution is 2.39. The molecule has 0 aliphatic heterocycles. The van der Waals surface area contributed by atoms with Gasteiger partial charge in [-0.3, -0.25) is 9.59 Å². The van der Waals surface area contributed by atoms with Gasteiger partial charge in [0.05, 0.1) is 0 Å². The van der Waals surface area contributed by atoms with E-state index >= 15 is 0 Å². The van der Waals surface area contributed by atoms with Crippen molar-refractivity contribution in [2.24, 2.45) is 0 Å². The summed E-state index contributed by atoms with van der Waals surface area (Å²) in [7, 11) is 0. The molecule has 4 heteroatoms. The van der Waals surface area contributed by atoms with E-state index in [0.29, 0.717) is 11.1 Å². The van der Waals surface area contributed by atoms with Gasteiger partial charge in [-0.25, -0.2) is 0 Å². The van der Waals surface area contributed by atoms with E-state index in [9.17, 15) is 9.59 Å². The van der Waals surface area contributed by atoms with Crippen molar-refractivity contribution >= 4 is 35.8 Å². The zero-order chi connectivity index (χ0) is 28.9. The lowest BCUT2D eigenvalue weighted by Gasteiger charge is -2.27. The summed E-state index contributed by atoms with van der Waals surface area (Å²) < 4.78 is 0. The molecule has 0 N–H and O–H groups in total. The van der Waals surface area contributed by atoms with Crippen molar-refractivity contribution in [3.8, 4) is 0 Å². The molecule has 0 atom stereocenters. The zero-order valence-corrected chi connectivity index (χ0v) is 26.5. The quantitative estimate of drug-likeness (QED) is 0.359. The summed E-state index contributed by atoms with van der Waals surface area (Å²) in [5.41, 5.74) is 5.30. The topological polar surface area (TPSA) is 34.1 Å². The Hall–Kier alpha value is -1.64. The van der Waals surface area contributed by atoms with E-state index in [1.807, 2.05) is 38.1 Å². The third-order valence-corrected chi connectivity index (χ3v) is 6.51. The molecule has 0 saturated carbocycles. The van der Waals surface area contributed by atoms with E-state index in [2.05, 4.69) is 83.1 Å². The Bertz CT molecular complexity index is 882. The van der Waals surface area contributed by atoms with Gasteiger partial charge in [0.1, 0.15) is 12.6 Å². The Kier molecular flexibility index (Phi) is 12.2. The van der Waals surface area contributed by atoms with Crippen molar-refractivity contribution < 1.29 is 9.59 Å². The first-order valence-electron chi connectivity index (χ1n) is 12.7. The predicted molar refractivity (Wildman–Crippen MR) is 160 cm³/mol. The molecule has 0 unspecified atom stereocenters. The summed E-state index contributed by atoms with van der Waals surface area (Å²) in [4.78, 5) is 22.1. The van der Waals surface area contributed by atoms with Crippen LogP contribution in [0.1, 0.15) is 140 Å². The van der Waals surface area contributed by atoms with Crippen LogP contribution in [0, 0.1) is 0 Å². The minimum absolute atomic E-state index is 0.0594. The van der Waals surface area contributed by atoms with Gasteiger partial charge in [-0.2, -0.15) is 0 Å². The maximum atomic E-state index is 11.0. The van der Waals surface area contributed by atoms with Gasteiger partial charge in [0.25, 0.3) is 0 Å². The van der Waals surface area contributed by atoms with Gasteiger partial charge in [-0.05, 0) is 68.2 Å². The Morgan fingerprint density at radius 1 is 0.472 bits per heavy atom. The van der Waals surface area contributed by atoms with E-state index in [-0.39, 0.29) is 21.7 Å². The minimum atomic E-state index is -0.0594. The lowest BCUT2D eigenvalue weighted by molar-refractivity contribution is 0.111. The Morgan fingerprint density at radius 2 is 0.639 bits per heavy atom. The molecular weight excluding hydrogens is 487 g/mol. The van der Waals surface area contributed by atoms with E-state index in [0.717, 1.165) is 44.9 Å². The standard InChI is InChI=1S/2C15H21ClO.C2H6/c2*1-14(2,3)11-7-10(9-17)8-12(13(11)16)15(4,5)6;1-2/h2*7-9H,1-6H3;1-2H3. The summed E-state index contributed by atoms with van der Waals surface area (Å²) in [6, 6.07) is 7.57. The minimum Gasteiger partial charge on any atom is -0.298 e. The predicted octanol–water partition coefficient (Wildman–Crippen LogP) is 10.5. The number of carbonyl (C=O) groups excluding carboxylic acids is 2. The number of carbonyl (C=O) groups is 2. The normalized spacial score (nSPS) is 12.1. The van der Waals surface area contributed by atoms with Crippen molar-refractivity contribution in [1.29, 1.82) is 0 Å². The van der Waals surface area contributed by atoms with Crippen molar-refractivity contribution in [2.75, 3.05) is 0 Å². The number of benzene rings is 2. The number of hydrogen-bond acceptors (Lipinski definition) is 2. The van der Waals surface area contributed by atoms with Gasteiger partial charge in [0, 0.05) is 21.2 Å². The molecule has 0 fully saturated rings. The summed E-state index contributed by atoms with van der Waals surface area (Å²) in [6.07, 6.45) is 1.78. The van der Waals surface area contributed by atoms with Crippen molar-refractivity contribution in [3.63, 3.8) is 0 Å². The van der Waals surface area contributed by atoms with E-state index in [1.165, 1.54) is 0 Å². The Balaban J connectivity index is 0.000000637. The molecule has 0 aliphatic carbocycles. The van der Waals surface area contributed by atoms with Gasteiger partial charge < -0.3 is 0 Å². The van der Waals surface area contributed by atoms with Gasteiger partial charge in [-0.15, -0.1) is 0 Å². The average molecular weight is 536 g/mol. The molecule has 0 amide bonds. The van der Waals surface area contributed by atoms with Crippen LogP contribution in [0.3, 0.4) is 0 Å². The highest BCUT2D eigenvalue weighted by atomic mass is 35.5. The van der Waals surface area contributed by atoms with Crippen LogP contribution < -0.4 is 0 Å². The van der Waals surface area contributed by atoms with Crippen molar-refractivity contribution in [2.45, 2.75) is 119 Å². The smallest absolute Gasteiger partial charge is 0.150 e. The molecule has 2 nitrogen and oxygen atoms in total. The molecule has 0 radical (unpaired) electrons. The maximum absolute atomic E-state index is 11.0. The zero-order valence-electron chi connectivity index (χ0n) is 25.0. The van der Waals surface area contributed by atoms with Crippen LogP contribution in [0.15, 0.2) is 24.3 Å². The molecule has 0 bridgehead atoms. The lowest BCUT2D eigenvalue weighted by atomic mass is 9.79. The first kappa shape index (κ1) is 34.4. The summed E-state index contributed by atoms with van der Waals surface area (Å²) >= 11 is 13.0. The van der Waals surface area contributed by atoms with Crippen LogP contribution in [0.5, 0.6) is 0 Å². The molecular formula is C32H48Cl2O2. The first-order chi connectivity index (χ1) is 16.1. The molecule has 0 aromatic heterocycles. The molecule has 0 spiro atoms. The second-order valence-corrected chi connectivity index (χ2v) is 13.9. The van der Waals surface area contributed by atoms with Gasteiger partial charge in [-0.1, -0.05) is 120 Å². The number of rotatable bonds is 2. The van der Waals surface area contributed by atoms with Crippen LogP contribution >= 0.6 is 23.2 Å². The molecule has 36 heavy (non-hydrogen) atoms. The number of aldehydes is 2. The molecule has 2 aromatic carbocycles. The van der Waals surface area contributed by atoms with Crippen LogP contribution in [0.2, 0.25) is 10.0 Å². The third kappa shape index (κ3) is 9.34. The Labute approximate surface area is 231 Å². The number of halogens is 2. The van der Waals surface area contributed by atoms with Gasteiger partial charge in [0.15, 0.2) is 0 Å². The highest BCUT2D eigenvalue weighted by Gasteiger charge is 2.26. The second-order valence-electron chi connectivity index (χ2n) is 13.1. The van der Waals surface area contributed by atoms with Crippen molar-refractivity contribution in [1.82, 2.24) is 0 Å². The molecule has 0 saturated heterocycles. The lowest BCUT2D eigenvalue weighted by Crippen LogP contribution is -2.18. The molecule has 0 heterocycles. The average Bonchev–Trinajstić information content (AvgIpc) is 2.72. The van der Waals surface area contributed by atoms with Crippen LogP contribution in [-0.2, 0) is 21.7 Å². The van der Waals surface area contributed by atoms with E-state index < -0.39 is 0 Å². The van der Waals surface area contributed by atoms with Crippen LogP contribution in [0.4, 0.5) is 0 Å². The van der Waals surface area contributed by atoms with Gasteiger partial charge >= 0.3 is 0 Å². The highest BCUT2D eigenvalue weighted by molar-refractivity contribution is 6.33. The Morgan fingerprint density at radius 3 is 0.750 bits per heavy atom. The van der Waals surface area contributed by atoms with Crippen LogP contribution in [-0.4, -0.2) is 12.6 Å². The summed E-state index contributed by atoms with van der Waals surface area (Å²) in [5.74, 6) is 0. The summed E-state index contributed by atoms with van der Waals surface area (Å²) in [5, 5.41) is 1.58. The monoisotopic (exact) mass is 534 g/mol. The van der Waals surface area contributed by atoms with Crippen LogP contribution in [0.25, 0.3) is 0 Å². The largest absolute Gasteiger partial charge is 0.298 e. The molecule has 2 aromatic rings. The first-order valence-corrected chi connectivity index (χ1v) is 13.5. The van der Waals surface area contributed by atoms with E-state index in [4.69, 9.17) is 23.2 Å². The summed E-state index contributed by atoms with van der Waals surface area (Å²) in [6.45, 7) is 29.3. The second kappa shape index (κ2) is 12.7. The molecule has 2 rings (SSSR count). The van der Waals surface area contributed by atoms with E-state index in [1.54, 1.807) is 0 Å². The third-order valence-electron chi connectivity index (χ3n) is 5.69. The fraction of sp³-hybridized carbons (Fsp3) is 0.562. The molecule has 0 aliphatic rings. The maximum Gasteiger partial charge on any atom is 0.150 e. The molecule has 202 valence electrons. The van der Waals surface area contributed by atoms with Crippen molar-refractivity contribution in [3.05, 3.63) is 67.7 Å². The fourth-order valence-corrected chi connectivity index (χ4v) is 4.96. The SMILES string of the molecule is CC.CC(C)(C)c1cc(C=O)cc(C(C)(C)C)c1Cl.CC(C)(C)c1cc(C=O)cc(C(C)(C)C)c1Cl. The fourth-order valence-electron chi connectivity index (χ4n) is 3.61.